The maximum Gasteiger partial charge on any atom is 0.328 e. The number of aromatic nitrogens is 2. The number of nitrogens with one attached hydrogen (secondary N) is 1. The quantitative estimate of drug-likeness (QED) is 0.659. The predicted molar refractivity (Wildman–Crippen MR) is 72.9 cm³/mol. The van der Waals surface area contributed by atoms with E-state index in [9.17, 15) is 19.7 Å². The zero-order valence-corrected chi connectivity index (χ0v) is 10.4. The molecule has 0 unspecified atom stereocenters. The fourth-order valence-corrected chi connectivity index (χ4v) is 1.68. The van der Waals surface area contributed by atoms with Gasteiger partial charge in [-0.1, -0.05) is 30.3 Å². The summed E-state index contributed by atoms with van der Waals surface area (Å²) in [4.78, 5) is 34.9. The molecule has 0 bridgehead atoms. The molecule has 0 spiro atoms. The summed E-state index contributed by atoms with van der Waals surface area (Å²) in [5.74, 6) is 0. The highest BCUT2D eigenvalue weighted by Crippen LogP contribution is 2.01. The van der Waals surface area contributed by atoms with E-state index in [2.05, 4.69) is 4.98 Å². The minimum atomic E-state index is -0.675. The van der Waals surface area contributed by atoms with Crippen molar-refractivity contribution in [2.75, 3.05) is 0 Å². The summed E-state index contributed by atoms with van der Waals surface area (Å²) < 4.78 is 1.29. The standard InChI is InChI=1S/C13H11N3O4/c17-12-11(6-7-16(19)20)9-15(13(18)14-12)8-10-4-2-1-3-5-10/h1-7,9H,8H2,(H,14,17,18). The van der Waals surface area contributed by atoms with Crippen molar-refractivity contribution < 1.29 is 4.92 Å². The summed E-state index contributed by atoms with van der Waals surface area (Å²) >= 11 is 0. The molecule has 0 aliphatic heterocycles. The molecular weight excluding hydrogens is 262 g/mol. The highest BCUT2D eigenvalue weighted by Gasteiger charge is 2.04. The van der Waals surface area contributed by atoms with E-state index in [1.165, 1.54) is 10.8 Å². The average molecular weight is 273 g/mol. The summed E-state index contributed by atoms with van der Waals surface area (Å²) in [6, 6.07) is 9.19. The Bertz CT molecular complexity index is 759. The molecule has 0 radical (unpaired) electrons. The van der Waals surface area contributed by atoms with E-state index in [0.717, 1.165) is 11.6 Å². The van der Waals surface area contributed by atoms with E-state index in [-0.39, 0.29) is 12.1 Å². The highest BCUT2D eigenvalue weighted by molar-refractivity contribution is 5.44. The van der Waals surface area contributed by atoms with Crippen molar-refractivity contribution in [1.29, 1.82) is 0 Å². The monoisotopic (exact) mass is 273 g/mol. The molecule has 0 aliphatic carbocycles. The molecule has 102 valence electrons. The molecule has 1 aromatic carbocycles. The van der Waals surface area contributed by atoms with E-state index in [4.69, 9.17) is 0 Å². The number of rotatable bonds is 4. The number of aromatic amines is 1. The van der Waals surface area contributed by atoms with Gasteiger partial charge in [-0.15, -0.1) is 0 Å². The van der Waals surface area contributed by atoms with Crippen LogP contribution in [0.2, 0.25) is 0 Å². The summed E-state index contributed by atoms with van der Waals surface area (Å²) in [5.41, 5.74) is -0.280. The van der Waals surface area contributed by atoms with Crippen LogP contribution in [0.4, 0.5) is 0 Å². The van der Waals surface area contributed by atoms with E-state index in [1.807, 2.05) is 30.3 Å². The van der Waals surface area contributed by atoms with Gasteiger partial charge in [0.25, 0.3) is 5.56 Å². The number of nitrogens with zero attached hydrogens (tertiary/aromatic N) is 2. The molecule has 0 fully saturated rings. The number of hydrogen-bond donors (Lipinski definition) is 1. The van der Waals surface area contributed by atoms with Gasteiger partial charge in [-0.2, -0.15) is 0 Å². The molecule has 1 N–H and O–H groups in total. The molecule has 0 aliphatic rings. The molecule has 7 heteroatoms. The zero-order valence-electron chi connectivity index (χ0n) is 10.4. The second kappa shape index (κ2) is 5.79. The minimum Gasteiger partial charge on any atom is -0.296 e. The van der Waals surface area contributed by atoms with Crippen LogP contribution in [0.25, 0.3) is 6.08 Å². The van der Waals surface area contributed by atoms with Crippen LogP contribution in [0.15, 0.2) is 52.3 Å². The van der Waals surface area contributed by atoms with Crippen molar-refractivity contribution in [2.24, 2.45) is 0 Å². The summed E-state index contributed by atoms with van der Waals surface area (Å²) in [6.45, 7) is 0.274. The van der Waals surface area contributed by atoms with Crippen LogP contribution in [0, 0.1) is 10.1 Å². The molecule has 1 heterocycles. The molecule has 7 nitrogen and oxygen atoms in total. The lowest BCUT2D eigenvalue weighted by Gasteiger charge is -2.05. The van der Waals surface area contributed by atoms with Gasteiger partial charge in [-0.05, 0) is 5.56 Å². The van der Waals surface area contributed by atoms with Crippen molar-refractivity contribution in [3.63, 3.8) is 0 Å². The van der Waals surface area contributed by atoms with Gasteiger partial charge < -0.3 is 0 Å². The molecule has 0 atom stereocenters. The van der Waals surface area contributed by atoms with Gasteiger partial charge >= 0.3 is 5.69 Å². The predicted octanol–water partition coefficient (Wildman–Crippen LogP) is 0.832. The van der Waals surface area contributed by atoms with Gasteiger partial charge in [0, 0.05) is 12.3 Å². The van der Waals surface area contributed by atoms with Gasteiger partial charge in [-0.3, -0.25) is 24.5 Å². The lowest BCUT2D eigenvalue weighted by Crippen LogP contribution is -2.31. The first-order chi connectivity index (χ1) is 9.56. The Kier molecular flexibility index (Phi) is 3.90. The third kappa shape index (κ3) is 3.29. The van der Waals surface area contributed by atoms with Crippen LogP contribution >= 0.6 is 0 Å². The van der Waals surface area contributed by atoms with Crippen LogP contribution in [-0.4, -0.2) is 14.5 Å². The highest BCUT2D eigenvalue weighted by atomic mass is 16.6. The first kappa shape index (κ1) is 13.5. The molecule has 1 aromatic heterocycles. The Hall–Kier alpha value is -2.96. The van der Waals surface area contributed by atoms with E-state index >= 15 is 0 Å². The number of hydrogen-bond acceptors (Lipinski definition) is 4. The van der Waals surface area contributed by atoms with Crippen molar-refractivity contribution in [1.82, 2.24) is 9.55 Å². The Morgan fingerprint density at radius 3 is 2.60 bits per heavy atom. The fraction of sp³-hybridized carbons (Fsp3) is 0.0769. The lowest BCUT2D eigenvalue weighted by atomic mass is 10.2. The van der Waals surface area contributed by atoms with Gasteiger partial charge in [0.15, 0.2) is 0 Å². The fourth-order valence-electron chi connectivity index (χ4n) is 1.68. The summed E-state index contributed by atoms with van der Waals surface area (Å²) in [5, 5.41) is 10.3. The minimum absolute atomic E-state index is 0.0530. The summed E-state index contributed by atoms with van der Waals surface area (Å²) in [7, 11) is 0. The lowest BCUT2D eigenvalue weighted by molar-refractivity contribution is -0.400. The Morgan fingerprint density at radius 1 is 1.25 bits per heavy atom. The van der Waals surface area contributed by atoms with Gasteiger partial charge in [0.1, 0.15) is 0 Å². The molecule has 2 aromatic rings. The molecule has 0 saturated heterocycles. The molecule has 20 heavy (non-hydrogen) atoms. The van der Waals surface area contributed by atoms with Crippen LogP contribution in [0.3, 0.4) is 0 Å². The van der Waals surface area contributed by atoms with Gasteiger partial charge in [0.2, 0.25) is 6.20 Å². The van der Waals surface area contributed by atoms with E-state index < -0.39 is 16.2 Å². The maximum atomic E-state index is 11.7. The summed E-state index contributed by atoms with van der Waals surface area (Å²) in [6.07, 6.45) is 3.01. The first-order valence-electron chi connectivity index (χ1n) is 5.75. The van der Waals surface area contributed by atoms with Crippen molar-refractivity contribution in [2.45, 2.75) is 6.54 Å². The third-order valence-electron chi connectivity index (χ3n) is 2.61. The number of nitro groups is 1. The SMILES string of the molecule is O=c1[nH]c(=O)n(Cc2ccccc2)cc1C=C[N+](=O)[O-]. The Morgan fingerprint density at radius 2 is 1.95 bits per heavy atom. The smallest absolute Gasteiger partial charge is 0.296 e. The Labute approximate surface area is 113 Å². The Balaban J connectivity index is 2.39. The number of H-pyrrole nitrogens is 1. The van der Waals surface area contributed by atoms with Crippen molar-refractivity contribution in [3.05, 3.63) is 84.8 Å². The number of benzene rings is 1. The molecule has 0 amide bonds. The maximum absolute atomic E-state index is 11.7. The average Bonchev–Trinajstić information content (AvgIpc) is 2.41. The second-order valence-corrected chi connectivity index (χ2v) is 4.06. The van der Waals surface area contributed by atoms with Crippen LogP contribution in [0.1, 0.15) is 11.1 Å². The second-order valence-electron chi connectivity index (χ2n) is 4.06. The van der Waals surface area contributed by atoms with Crippen molar-refractivity contribution in [3.8, 4) is 0 Å². The topological polar surface area (TPSA) is 98.0 Å². The molecule has 0 saturated carbocycles. The van der Waals surface area contributed by atoms with Crippen LogP contribution in [0.5, 0.6) is 0 Å². The largest absolute Gasteiger partial charge is 0.328 e. The third-order valence-corrected chi connectivity index (χ3v) is 2.61. The van der Waals surface area contributed by atoms with Crippen LogP contribution < -0.4 is 11.2 Å². The first-order valence-corrected chi connectivity index (χ1v) is 5.75. The molecular formula is C13H11N3O4. The van der Waals surface area contributed by atoms with E-state index in [0.29, 0.717) is 6.20 Å². The van der Waals surface area contributed by atoms with E-state index in [1.54, 1.807) is 0 Å². The van der Waals surface area contributed by atoms with Crippen molar-refractivity contribution >= 4 is 6.08 Å². The zero-order chi connectivity index (χ0) is 14.5. The van der Waals surface area contributed by atoms with Crippen LogP contribution in [-0.2, 0) is 6.54 Å². The van der Waals surface area contributed by atoms with Gasteiger partial charge in [0.05, 0.1) is 17.0 Å². The van der Waals surface area contributed by atoms with Gasteiger partial charge in [-0.25, -0.2) is 4.79 Å². The molecule has 2 rings (SSSR count). The normalized spacial score (nSPS) is 10.8.